The Bertz CT molecular complexity index is 710. The van der Waals surface area contributed by atoms with E-state index in [0.29, 0.717) is 6.42 Å². The molecule has 7 heteroatoms. The Labute approximate surface area is 124 Å². The van der Waals surface area contributed by atoms with Gasteiger partial charge in [0.15, 0.2) is 4.96 Å². The lowest BCUT2D eigenvalue weighted by Gasteiger charge is -2.15. The Hall–Kier alpha value is -1.47. The van der Waals surface area contributed by atoms with Gasteiger partial charge < -0.3 is 0 Å². The number of aromatic nitrogens is 2. The van der Waals surface area contributed by atoms with Gasteiger partial charge in [0, 0.05) is 24.2 Å². The van der Waals surface area contributed by atoms with Crippen LogP contribution >= 0.6 is 22.9 Å². The van der Waals surface area contributed by atoms with Crippen LogP contribution in [0.4, 0.5) is 4.39 Å². The largest absolute Gasteiger partial charge is 0.297 e. The summed E-state index contributed by atoms with van der Waals surface area (Å²) >= 11 is 7.38. The number of rotatable bonds is 4. The third kappa shape index (κ3) is 2.55. The first-order valence-electron chi connectivity index (χ1n) is 5.99. The number of hydrogen-bond acceptors (Lipinski definition) is 4. The molecule has 0 fully saturated rings. The Morgan fingerprint density at radius 2 is 2.35 bits per heavy atom. The van der Waals surface area contributed by atoms with E-state index in [9.17, 15) is 4.39 Å². The number of hydrogen-bond donors (Lipinski definition) is 2. The highest BCUT2D eigenvalue weighted by molar-refractivity contribution is 7.15. The molecule has 1 aromatic carbocycles. The molecule has 0 bridgehead atoms. The SMILES string of the molecule is NNC(Cc1cn2ccsc2n1)c1ccc(F)c(Cl)c1. The van der Waals surface area contributed by atoms with E-state index in [1.54, 1.807) is 23.5 Å². The molecule has 104 valence electrons. The summed E-state index contributed by atoms with van der Waals surface area (Å²) in [6, 6.07) is 4.43. The van der Waals surface area contributed by atoms with Crippen molar-refractivity contribution in [2.24, 2.45) is 5.84 Å². The minimum Gasteiger partial charge on any atom is -0.297 e. The number of nitrogens with two attached hydrogens (primary N) is 1. The second kappa shape index (κ2) is 5.49. The van der Waals surface area contributed by atoms with Gasteiger partial charge in [0.2, 0.25) is 0 Å². The molecule has 0 aliphatic carbocycles. The summed E-state index contributed by atoms with van der Waals surface area (Å²) in [5, 5.41) is 2.07. The quantitative estimate of drug-likeness (QED) is 0.575. The molecule has 0 amide bonds. The van der Waals surface area contributed by atoms with Crippen molar-refractivity contribution in [3.63, 3.8) is 0 Å². The van der Waals surface area contributed by atoms with Crippen molar-refractivity contribution in [3.05, 3.63) is 58.1 Å². The molecule has 2 aromatic heterocycles. The first-order valence-corrected chi connectivity index (χ1v) is 7.25. The predicted molar refractivity (Wildman–Crippen MR) is 78.2 cm³/mol. The van der Waals surface area contributed by atoms with Crippen molar-refractivity contribution in [2.75, 3.05) is 0 Å². The number of nitrogens with one attached hydrogen (secondary N) is 1. The molecule has 0 saturated carbocycles. The summed E-state index contributed by atoms with van der Waals surface area (Å²) < 4.78 is 15.2. The van der Waals surface area contributed by atoms with Crippen LogP contribution in [0.3, 0.4) is 0 Å². The molecular formula is C13H12ClFN4S. The van der Waals surface area contributed by atoms with Crippen molar-refractivity contribution < 1.29 is 4.39 Å². The fourth-order valence-corrected chi connectivity index (χ4v) is 2.99. The molecule has 2 heterocycles. The monoisotopic (exact) mass is 310 g/mol. The molecule has 1 atom stereocenters. The van der Waals surface area contributed by atoms with Crippen LogP contribution < -0.4 is 11.3 Å². The first-order chi connectivity index (χ1) is 9.67. The number of benzene rings is 1. The summed E-state index contributed by atoms with van der Waals surface area (Å²) in [4.78, 5) is 5.44. The summed E-state index contributed by atoms with van der Waals surface area (Å²) in [5.74, 6) is 5.16. The molecule has 3 rings (SSSR count). The molecule has 0 aliphatic rings. The van der Waals surface area contributed by atoms with Gasteiger partial charge in [0.25, 0.3) is 0 Å². The molecule has 0 saturated heterocycles. The smallest absolute Gasteiger partial charge is 0.193 e. The topological polar surface area (TPSA) is 55.3 Å². The molecule has 0 aliphatic heterocycles. The third-order valence-electron chi connectivity index (χ3n) is 3.10. The van der Waals surface area contributed by atoms with Crippen molar-refractivity contribution in [2.45, 2.75) is 12.5 Å². The molecule has 4 nitrogen and oxygen atoms in total. The Morgan fingerprint density at radius 3 is 3.05 bits per heavy atom. The number of halogens is 2. The van der Waals surface area contributed by atoms with Crippen molar-refractivity contribution in [3.8, 4) is 0 Å². The number of fused-ring (bicyclic) bond motifs is 1. The maximum Gasteiger partial charge on any atom is 0.193 e. The van der Waals surface area contributed by atoms with Gasteiger partial charge in [-0.05, 0) is 17.7 Å². The number of nitrogens with zero attached hydrogens (tertiary/aromatic N) is 2. The van der Waals surface area contributed by atoms with Gasteiger partial charge in [-0.25, -0.2) is 9.37 Å². The highest BCUT2D eigenvalue weighted by Crippen LogP contribution is 2.23. The summed E-state index contributed by atoms with van der Waals surface area (Å²) in [7, 11) is 0. The molecule has 1 unspecified atom stereocenters. The van der Waals surface area contributed by atoms with E-state index in [1.165, 1.54) is 6.07 Å². The summed E-state index contributed by atoms with van der Waals surface area (Å²) in [6.07, 6.45) is 4.52. The van der Waals surface area contributed by atoms with E-state index < -0.39 is 5.82 Å². The zero-order valence-corrected chi connectivity index (χ0v) is 12.0. The van der Waals surface area contributed by atoms with Crippen LogP contribution in [0.5, 0.6) is 0 Å². The Kier molecular flexibility index (Phi) is 3.71. The lowest BCUT2D eigenvalue weighted by Crippen LogP contribution is -2.29. The molecule has 20 heavy (non-hydrogen) atoms. The summed E-state index contributed by atoms with van der Waals surface area (Å²) in [5.41, 5.74) is 4.47. The van der Waals surface area contributed by atoms with Crippen molar-refractivity contribution >= 4 is 27.9 Å². The van der Waals surface area contributed by atoms with E-state index >= 15 is 0 Å². The van der Waals surface area contributed by atoms with Gasteiger partial charge >= 0.3 is 0 Å². The second-order valence-corrected chi connectivity index (χ2v) is 5.70. The number of imidazole rings is 1. The van der Waals surface area contributed by atoms with Crippen LogP contribution in [0, 0.1) is 5.82 Å². The standard InChI is InChI=1S/C13H12ClFN4S/c14-10-5-8(1-2-11(10)15)12(18-16)6-9-7-19-3-4-20-13(19)17-9/h1-5,7,12,18H,6,16H2. The molecule has 0 spiro atoms. The fraction of sp³-hybridized carbons (Fsp3) is 0.154. The van der Waals surface area contributed by atoms with Gasteiger partial charge in [0.05, 0.1) is 16.8 Å². The average Bonchev–Trinajstić information content (AvgIpc) is 3.00. The van der Waals surface area contributed by atoms with Gasteiger partial charge in [-0.2, -0.15) is 0 Å². The maximum atomic E-state index is 13.2. The van der Waals surface area contributed by atoms with Gasteiger partial charge in [-0.15, -0.1) is 11.3 Å². The van der Waals surface area contributed by atoms with E-state index in [2.05, 4.69) is 10.4 Å². The van der Waals surface area contributed by atoms with Crippen LogP contribution in [0.2, 0.25) is 5.02 Å². The van der Waals surface area contributed by atoms with E-state index in [0.717, 1.165) is 16.2 Å². The minimum absolute atomic E-state index is 0.0913. The van der Waals surface area contributed by atoms with Crippen molar-refractivity contribution in [1.29, 1.82) is 0 Å². The highest BCUT2D eigenvalue weighted by Gasteiger charge is 2.14. The Morgan fingerprint density at radius 1 is 1.50 bits per heavy atom. The van der Waals surface area contributed by atoms with E-state index in [1.807, 2.05) is 22.2 Å². The van der Waals surface area contributed by atoms with Crippen LogP contribution in [-0.2, 0) is 6.42 Å². The molecule has 3 N–H and O–H groups in total. The van der Waals surface area contributed by atoms with E-state index in [-0.39, 0.29) is 11.1 Å². The lowest BCUT2D eigenvalue weighted by molar-refractivity contribution is 0.545. The second-order valence-electron chi connectivity index (χ2n) is 4.42. The highest BCUT2D eigenvalue weighted by atomic mass is 35.5. The van der Waals surface area contributed by atoms with Gasteiger partial charge in [-0.3, -0.25) is 15.7 Å². The molecule has 3 aromatic rings. The number of thiazole rings is 1. The third-order valence-corrected chi connectivity index (χ3v) is 4.16. The lowest BCUT2D eigenvalue weighted by atomic mass is 10.0. The molecular weight excluding hydrogens is 299 g/mol. The van der Waals surface area contributed by atoms with Gasteiger partial charge in [-0.1, -0.05) is 17.7 Å². The first kappa shape index (κ1) is 13.5. The maximum absolute atomic E-state index is 13.2. The zero-order chi connectivity index (χ0) is 14.1. The average molecular weight is 311 g/mol. The van der Waals surface area contributed by atoms with Crippen LogP contribution in [0.25, 0.3) is 4.96 Å². The Balaban J connectivity index is 1.85. The van der Waals surface area contributed by atoms with Crippen LogP contribution in [0.1, 0.15) is 17.3 Å². The number of hydrazine groups is 1. The molecule has 0 radical (unpaired) electrons. The van der Waals surface area contributed by atoms with E-state index in [4.69, 9.17) is 17.4 Å². The van der Waals surface area contributed by atoms with Crippen LogP contribution in [0.15, 0.2) is 36.0 Å². The fourth-order valence-electron chi connectivity index (χ4n) is 2.09. The summed E-state index contributed by atoms with van der Waals surface area (Å²) in [6.45, 7) is 0. The zero-order valence-electron chi connectivity index (χ0n) is 10.4. The normalized spacial score (nSPS) is 12.9. The van der Waals surface area contributed by atoms with Gasteiger partial charge in [0.1, 0.15) is 5.82 Å². The van der Waals surface area contributed by atoms with Crippen LogP contribution in [-0.4, -0.2) is 9.38 Å². The van der Waals surface area contributed by atoms with Crippen molar-refractivity contribution in [1.82, 2.24) is 14.8 Å². The predicted octanol–water partition coefficient (Wildman–Crippen LogP) is 2.94. The minimum atomic E-state index is -0.436.